The molecule has 0 aliphatic carbocycles. The Balaban J connectivity index is 2.82. The molecule has 0 fully saturated rings. The van der Waals surface area contributed by atoms with Crippen LogP contribution < -0.4 is 55.1 Å². The normalized spacial score (nSPS) is 14.9. The van der Waals surface area contributed by atoms with Gasteiger partial charge in [-0.2, -0.15) is 0 Å². The lowest BCUT2D eigenvalue weighted by molar-refractivity contribution is -0.143. The highest BCUT2D eigenvalue weighted by Crippen LogP contribution is 2.12. The summed E-state index contributed by atoms with van der Waals surface area (Å²) in [5.74, 6) is -7.94. The van der Waals surface area contributed by atoms with Crippen molar-refractivity contribution in [1.29, 1.82) is 0 Å². The second-order valence-electron chi connectivity index (χ2n) is 15.6. The minimum absolute atomic E-state index is 0.109. The van der Waals surface area contributed by atoms with Gasteiger partial charge < -0.3 is 69.4 Å². The summed E-state index contributed by atoms with van der Waals surface area (Å²) >= 11 is 0. The molecule has 0 saturated carbocycles. The third kappa shape index (κ3) is 21.7. The Labute approximate surface area is 376 Å². The Morgan fingerprint density at radius 2 is 1.35 bits per heavy atom. The maximum atomic E-state index is 13.6. The van der Waals surface area contributed by atoms with Gasteiger partial charge in [0.05, 0.1) is 39.0 Å². The number of carbonyl (C=O) groups is 9. The molecule has 0 saturated heterocycles. The summed E-state index contributed by atoms with van der Waals surface area (Å²) in [6.07, 6.45) is -3.15. The molecule has 0 aliphatic rings. The van der Waals surface area contributed by atoms with Crippen LogP contribution in [0.1, 0.15) is 58.4 Å². The largest absolute Gasteiger partial charge is 0.449 e. The third-order valence-corrected chi connectivity index (χ3v) is 9.43. The van der Waals surface area contributed by atoms with Crippen LogP contribution in [0.3, 0.4) is 0 Å². The number of aliphatic hydroxyl groups excluding tert-OH is 4. The number of unbranched alkanes of at least 4 members (excludes halogenated alkanes) is 1. The average Bonchev–Trinajstić information content (AvgIpc) is 3.26. The SMILES string of the molecule is CC(C)COC(=O)N(CC(N)CO)C(CC(N)=O)C(=O)N[C@H](C(=O)C(=O)[C@H](CO)NNC(CCC(=O)NCCCCNC(=O)C(Cc1ccccc1)NC(=O)C(N)CO)C(N)=O)[C@@H](C)O. The monoisotopic (exact) mass is 925 g/mol. The predicted octanol–water partition coefficient (Wildman–Crippen LogP) is -6.20. The smallest absolute Gasteiger partial charge is 0.410 e. The summed E-state index contributed by atoms with van der Waals surface area (Å²) in [7, 11) is 0. The standard InChI is InChI=1S/C40H67N11O14/c1-22(2)21-65-40(64)51(17-25(41)18-52)30(16-31(43)56)39(63)48-33(23(3)55)35(59)34(58)29(20-54)50-49-27(36(44)60)11-12-32(57)45-13-7-8-14-46-38(62)28(47-37(61)26(42)19-53)15-24-9-5-4-6-10-24/h4-6,9-10,22-23,25-30,33,49-50,52-55H,7-8,11-21,41-42H2,1-3H3,(H2,43,56)(H2,44,60)(H,45,57)(H,46,62)(H,47,61)(H,48,63)/t23-,25?,26?,27?,28?,29+,30?,33+/m1/s1. The number of rotatable bonds is 33. The first-order chi connectivity index (χ1) is 30.7. The maximum absolute atomic E-state index is 13.6. The molecule has 0 radical (unpaired) electrons. The molecular formula is C40H67N11O14. The summed E-state index contributed by atoms with van der Waals surface area (Å²) in [5, 5.41) is 49.2. The van der Waals surface area contributed by atoms with Crippen molar-refractivity contribution in [3.63, 3.8) is 0 Å². The minimum Gasteiger partial charge on any atom is -0.449 e. The zero-order valence-electron chi connectivity index (χ0n) is 36.9. The minimum atomic E-state index is -2.01. The second-order valence-corrected chi connectivity index (χ2v) is 15.6. The molecule has 0 aromatic heterocycles. The van der Waals surface area contributed by atoms with Crippen LogP contribution in [0.25, 0.3) is 0 Å². The van der Waals surface area contributed by atoms with Crippen molar-refractivity contribution in [2.45, 2.75) is 108 Å². The quantitative estimate of drug-likeness (QED) is 0.0177. The molecule has 5 unspecified atom stereocenters. The topological polar surface area (TPSA) is 423 Å². The van der Waals surface area contributed by atoms with Gasteiger partial charge in [-0.15, -0.1) is 0 Å². The fourth-order valence-corrected chi connectivity index (χ4v) is 5.75. The number of amides is 7. The number of nitrogens with two attached hydrogens (primary N) is 4. The molecule has 366 valence electrons. The van der Waals surface area contributed by atoms with E-state index in [4.69, 9.17) is 27.7 Å². The lowest BCUT2D eigenvalue weighted by Crippen LogP contribution is -2.62. The van der Waals surface area contributed by atoms with Crippen molar-refractivity contribution in [2.75, 3.05) is 46.1 Å². The van der Waals surface area contributed by atoms with Gasteiger partial charge in [-0.3, -0.25) is 43.3 Å². The Kier molecular flexibility index (Phi) is 26.9. The van der Waals surface area contributed by atoms with Crippen molar-refractivity contribution in [1.82, 2.24) is 37.0 Å². The van der Waals surface area contributed by atoms with E-state index >= 15 is 0 Å². The molecule has 1 rings (SSSR count). The van der Waals surface area contributed by atoms with Crippen molar-refractivity contribution in [3.8, 4) is 0 Å². The number of nitrogens with zero attached hydrogens (tertiary/aromatic N) is 1. The van der Waals surface area contributed by atoms with Crippen LogP contribution in [0.4, 0.5) is 4.79 Å². The highest BCUT2D eigenvalue weighted by atomic mass is 16.6. The fraction of sp³-hybridized carbons (Fsp3) is 0.625. The highest BCUT2D eigenvalue weighted by Gasteiger charge is 2.39. The molecule has 1 aromatic rings. The third-order valence-electron chi connectivity index (χ3n) is 9.43. The molecule has 0 bridgehead atoms. The molecule has 1 aromatic carbocycles. The van der Waals surface area contributed by atoms with Crippen LogP contribution in [0.5, 0.6) is 0 Å². The first kappa shape index (κ1) is 57.3. The number of nitrogens with one attached hydrogen (secondary N) is 6. The van der Waals surface area contributed by atoms with E-state index in [1.54, 1.807) is 44.2 Å². The molecule has 25 heteroatoms. The van der Waals surface area contributed by atoms with E-state index in [0.29, 0.717) is 12.8 Å². The summed E-state index contributed by atoms with van der Waals surface area (Å²) in [5.41, 5.74) is 27.7. The van der Waals surface area contributed by atoms with Crippen molar-refractivity contribution in [3.05, 3.63) is 35.9 Å². The number of benzene rings is 1. The molecule has 65 heavy (non-hydrogen) atoms. The van der Waals surface area contributed by atoms with E-state index in [1.165, 1.54) is 0 Å². The van der Waals surface area contributed by atoms with Crippen LogP contribution in [0, 0.1) is 5.92 Å². The van der Waals surface area contributed by atoms with Gasteiger partial charge in [-0.05, 0) is 37.7 Å². The number of hydrogen-bond acceptors (Lipinski definition) is 18. The van der Waals surface area contributed by atoms with E-state index in [9.17, 15) is 63.6 Å². The molecule has 18 N–H and O–H groups in total. The second kappa shape index (κ2) is 30.5. The Morgan fingerprint density at radius 1 is 0.738 bits per heavy atom. The van der Waals surface area contributed by atoms with Crippen molar-refractivity contribution >= 4 is 53.1 Å². The number of aliphatic hydroxyl groups is 4. The molecule has 0 aliphatic heterocycles. The molecular weight excluding hydrogens is 859 g/mol. The lowest BCUT2D eigenvalue weighted by atomic mass is 9.99. The van der Waals surface area contributed by atoms with Crippen LogP contribution in [0.15, 0.2) is 30.3 Å². The lowest BCUT2D eigenvalue weighted by Gasteiger charge is -2.32. The van der Waals surface area contributed by atoms with Crippen LogP contribution >= 0.6 is 0 Å². The van der Waals surface area contributed by atoms with E-state index in [2.05, 4.69) is 32.1 Å². The molecule has 0 spiro atoms. The van der Waals surface area contributed by atoms with Gasteiger partial charge in [-0.25, -0.2) is 15.6 Å². The predicted molar refractivity (Wildman–Crippen MR) is 231 cm³/mol. The number of ketones is 2. The zero-order chi connectivity index (χ0) is 49.2. The molecule has 7 amide bonds. The number of hydrogen-bond donors (Lipinski definition) is 14. The van der Waals surface area contributed by atoms with E-state index in [0.717, 1.165) is 17.4 Å². The average molecular weight is 926 g/mol. The number of hydrazine groups is 1. The van der Waals surface area contributed by atoms with E-state index < -0.39 is 134 Å². The van der Waals surface area contributed by atoms with Crippen molar-refractivity contribution < 1.29 is 68.3 Å². The fourth-order valence-electron chi connectivity index (χ4n) is 5.75. The summed E-state index contributed by atoms with van der Waals surface area (Å²) in [6, 6.07) is -1.24. The summed E-state index contributed by atoms with van der Waals surface area (Å²) in [4.78, 5) is 116. The van der Waals surface area contributed by atoms with Gasteiger partial charge in [0.2, 0.25) is 47.0 Å². The van der Waals surface area contributed by atoms with Gasteiger partial charge in [-0.1, -0.05) is 44.2 Å². The molecule has 0 heterocycles. The highest BCUT2D eigenvalue weighted by molar-refractivity contribution is 6.41. The van der Waals surface area contributed by atoms with Crippen LogP contribution in [-0.2, 0) is 49.5 Å². The maximum Gasteiger partial charge on any atom is 0.410 e. The number of carbonyl (C=O) groups excluding carboxylic acids is 9. The van der Waals surface area contributed by atoms with Crippen LogP contribution in [-0.4, -0.2) is 173 Å². The zero-order valence-corrected chi connectivity index (χ0v) is 36.9. The number of Topliss-reactive ketones (excluding diaryl/α,β-unsaturated/α-hetero) is 2. The first-order valence-electron chi connectivity index (χ1n) is 21.0. The first-order valence-corrected chi connectivity index (χ1v) is 21.0. The molecule has 8 atom stereocenters. The van der Waals surface area contributed by atoms with E-state index in [-0.39, 0.29) is 44.9 Å². The Morgan fingerprint density at radius 3 is 1.89 bits per heavy atom. The van der Waals surface area contributed by atoms with Gasteiger partial charge in [0.25, 0.3) is 0 Å². The van der Waals surface area contributed by atoms with Crippen LogP contribution in [0.2, 0.25) is 0 Å². The summed E-state index contributed by atoms with van der Waals surface area (Å²) < 4.78 is 5.19. The van der Waals surface area contributed by atoms with Gasteiger partial charge in [0.15, 0.2) is 0 Å². The van der Waals surface area contributed by atoms with Gasteiger partial charge in [0.1, 0.15) is 36.3 Å². The van der Waals surface area contributed by atoms with Gasteiger partial charge in [0, 0.05) is 38.5 Å². The number of primary amides is 2. The number of ether oxygens (including phenoxy) is 1. The van der Waals surface area contributed by atoms with Gasteiger partial charge >= 0.3 is 6.09 Å². The van der Waals surface area contributed by atoms with Crippen molar-refractivity contribution in [2.24, 2.45) is 28.9 Å². The Bertz CT molecular complexity index is 1720. The molecule has 25 nitrogen and oxygen atoms in total. The Hall–Kier alpha value is -5.67. The van der Waals surface area contributed by atoms with E-state index in [1.807, 2.05) is 0 Å². The summed E-state index contributed by atoms with van der Waals surface area (Å²) in [6.45, 7) is 1.96.